The summed E-state index contributed by atoms with van der Waals surface area (Å²) in [6.45, 7) is 3.58. The van der Waals surface area contributed by atoms with Gasteiger partial charge < -0.3 is 14.2 Å². The molecule has 178 valence electrons. The monoisotopic (exact) mass is 488 g/mol. The summed E-state index contributed by atoms with van der Waals surface area (Å²) >= 11 is 5.93. The molecule has 35 heavy (non-hydrogen) atoms. The summed E-state index contributed by atoms with van der Waals surface area (Å²) in [5, 5.41) is 4.40. The van der Waals surface area contributed by atoms with Crippen LogP contribution < -0.4 is 4.74 Å². The van der Waals surface area contributed by atoms with Crippen molar-refractivity contribution in [1.29, 1.82) is 0 Å². The van der Waals surface area contributed by atoms with E-state index in [1.807, 2.05) is 47.4 Å². The molecule has 1 saturated heterocycles. The lowest BCUT2D eigenvalue weighted by Gasteiger charge is -2.38. The molecule has 0 N–H and O–H groups in total. The van der Waals surface area contributed by atoms with Crippen molar-refractivity contribution in [3.8, 4) is 17.3 Å². The van der Waals surface area contributed by atoms with Crippen LogP contribution in [0.25, 0.3) is 11.5 Å². The van der Waals surface area contributed by atoms with Gasteiger partial charge in [0.25, 0.3) is 11.8 Å². The van der Waals surface area contributed by atoms with Crippen LogP contribution in [0.1, 0.15) is 34.1 Å². The smallest absolute Gasteiger partial charge is 0.257 e. The number of piperidine rings is 1. The fourth-order valence-electron chi connectivity index (χ4n) is 4.45. The number of rotatable bonds is 6. The van der Waals surface area contributed by atoms with Crippen LogP contribution in [0.4, 0.5) is 0 Å². The van der Waals surface area contributed by atoms with Gasteiger partial charge in [-0.2, -0.15) is 4.98 Å². The maximum Gasteiger partial charge on any atom is 0.257 e. The Morgan fingerprint density at radius 1 is 1.11 bits per heavy atom. The molecule has 0 radical (unpaired) electrons. The van der Waals surface area contributed by atoms with E-state index in [2.05, 4.69) is 27.3 Å². The van der Waals surface area contributed by atoms with Gasteiger partial charge in [0.05, 0.1) is 11.6 Å². The fraction of sp³-hybridized carbons (Fsp3) is 0.259. The molecule has 1 amide bonds. The number of carbonyl (C=O) groups excluding carboxylic acids is 1. The molecular formula is C27H25ClN4O3. The van der Waals surface area contributed by atoms with Gasteiger partial charge >= 0.3 is 0 Å². The van der Waals surface area contributed by atoms with Crippen LogP contribution in [0, 0.1) is 12.8 Å². The molecule has 3 heterocycles. The van der Waals surface area contributed by atoms with Crippen molar-refractivity contribution in [2.45, 2.75) is 19.3 Å². The Morgan fingerprint density at radius 2 is 1.91 bits per heavy atom. The summed E-state index contributed by atoms with van der Waals surface area (Å²) in [6.07, 6.45) is 2.41. The minimum atomic E-state index is 0.0120. The third kappa shape index (κ3) is 5.35. The standard InChI is InChI=1S/C27H25ClN4O3/c1-18-30-26(35-31-18)20-7-9-21(10-8-20)27(33)32-14-13-22(17-34-25-12-11-23(28)15-29-25)24(16-32)19-5-3-2-4-6-19/h2-12,15,22,24H,13-14,16-17H2,1H3/t22-,24-/m1/s1. The van der Waals surface area contributed by atoms with Crippen LogP contribution in [-0.4, -0.2) is 45.6 Å². The lowest BCUT2D eigenvalue weighted by Crippen LogP contribution is -2.44. The number of ether oxygens (including phenoxy) is 1. The zero-order valence-electron chi connectivity index (χ0n) is 19.3. The lowest BCUT2D eigenvalue weighted by atomic mass is 9.81. The number of halogens is 1. The van der Waals surface area contributed by atoms with E-state index < -0.39 is 0 Å². The number of carbonyl (C=O) groups is 1. The van der Waals surface area contributed by atoms with Crippen LogP contribution in [0.15, 0.2) is 77.4 Å². The number of aryl methyl sites for hydroxylation is 1. The van der Waals surface area contributed by atoms with Gasteiger partial charge in [0, 0.05) is 48.3 Å². The molecule has 2 atom stereocenters. The number of pyridine rings is 1. The first-order chi connectivity index (χ1) is 17.1. The molecule has 1 aliphatic rings. The van der Waals surface area contributed by atoms with Gasteiger partial charge in [-0.1, -0.05) is 47.1 Å². The molecule has 2 aromatic heterocycles. The van der Waals surface area contributed by atoms with Gasteiger partial charge in [-0.15, -0.1) is 0 Å². The SMILES string of the molecule is Cc1noc(-c2ccc(C(=O)N3CC[C@H](COc4ccc(Cl)cn4)[C@@H](c4ccccc4)C3)cc2)n1. The maximum atomic E-state index is 13.4. The normalized spacial score (nSPS) is 17.8. The van der Waals surface area contributed by atoms with E-state index in [-0.39, 0.29) is 17.7 Å². The van der Waals surface area contributed by atoms with E-state index >= 15 is 0 Å². The van der Waals surface area contributed by atoms with Crippen molar-refractivity contribution in [3.05, 3.63) is 94.9 Å². The van der Waals surface area contributed by atoms with E-state index in [4.69, 9.17) is 20.9 Å². The number of aromatic nitrogens is 3. The van der Waals surface area contributed by atoms with Gasteiger partial charge in [-0.25, -0.2) is 4.98 Å². The van der Waals surface area contributed by atoms with Crippen LogP contribution in [0.2, 0.25) is 5.02 Å². The zero-order chi connectivity index (χ0) is 24.2. The molecule has 7 nitrogen and oxygen atoms in total. The first-order valence-corrected chi connectivity index (χ1v) is 11.9. The summed E-state index contributed by atoms with van der Waals surface area (Å²) < 4.78 is 11.2. The number of likely N-dealkylation sites (tertiary alicyclic amines) is 1. The largest absolute Gasteiger partial charge is 0.477 e. The molecule has 1 fully saturated rings. The number of benzene rings is 2. The Labute approximate surface area is 208 Å². The molecule has 0 saturated carbocycles. The van der Waals surface area contributed by atoms with Crippen molar-refractivity contribution < 1.29 is 14.1 Å². The van der Waals surface area contributed by atoms with E-state index in [0.29, 0.717) is 47.9 Å². The van der Waals surface area contributed by atoms with Crippen LogP contribution >= 0.6 is 11.6 Å². The first kappa shape index (κ1) is 23.1. The molecule has 0 aliphatic carbocycles. The van der Waals surface area contributed by atoms with E-state index in [1.165, 1.54) is 5.56 Å². The highest BCUT2D eigenvalue weighted by molar-refractivity contribution is 6.30. The molecule has 8 heteroatoms. The summed E-state index contributed by atoms with van der Waals surface area (Å²) in [5.41, 5.74) is 2.62. The molecule has 0 spiro atoms. The molecule has 0 bridgehead atoms. The quantitative estimate of drug-likeness (QED) is 0.360. The van der Waals surface area contributed by atoms with Crippen molar-refractivity contribution in [3.63, 3.8) is 0 Å². The molecule has 1 aliphatic heterocycles. The minimum absolute atomic E-state index is 0.0120. The number of hydrogen-bond donors (Lipinski definition) is 0. The van der Waals surface area contributed by atoms with Crippen molar-refractivity contribution >= 4 is 17.5 Å². The highest BCUT2D eigenvalue weighted by Gasteiger charge is 2.33. The Morgan fingerprint density at radius 3 is 2.60 bits per heavy atom. The number of hydrogen-bond acceptors (Lipinski definition) is 6. The lowest BCUT2D eigenvalue weighted by molar-refractivity contribution is 0.0615. The van der Waals surface area contributed by atoms with Crippen LogP contribution in [0.5, 0.6) is 5.88 Å². The van der Waals surface area contributed by atoms with Gasteiger partial charge in [0.15, 0.2) is 5.82 Å². The fourth-order valence-corrected chi connectivity index (χ4v) is 4.57. The Bertz CT molecular complexity index is 1280. The number of amides is 1. The molecule has 5 rings (SSSR count). The van der Waals surface area contributed by atoms with Crippen LogP contribution in [-0.2, 0) is 0 Å². The average molecular weight is 489 g/mol. The number of nitrogens with zero attached hydrogens (tertiary/aromatic N) is 4. The van der Waals surface area contributed by atoms with Gasteiger partial charge in [0.1, 0.15) is 0 Å². The topological polar surface area (TPSA) is 81.4 Å². The summed E-state index contributed by atoms with van der Waals surface area (Å²) in [7, 11) is 0. The Kier molecular flexibility index (Phi) is 6.77. The minimum Gasteiger partial charge on any atom is -0.477 e. The predicted octanol–water partition coefficient (Wildman–Crippen LogP) is 5.42. The highest BCUT2D eigenvalue weighted by Crippen LogP contribution is 2.34. The van der Waals surface area contributed by atoms with E-state index in [0.717, 1.165) is 12.0 Å². The zero-order valence-corrected chi connectivity index (χ0v) is 20.1. The predicted molar refractivity (Wildman–Crippen MR) is 132 cm³/mol. The van der Waals surface area contributed by atoms with Gasteiger partial charge in [-0.05, 0) is 49.2 Å². The highest BCUT2D eigenvalue weighted by atomic mass is 35.5. The summed E-state index contributed by atoms with van der Waals surface area (Å²) in [4.78, 5) is 23.8. The first-order valence-electron chi connectivity index (χ1n) is 11.6. The molecule has 2 aromatic carbocycles. The molecule has 4 aromatic rings. The van der Waals surface area contributed by atoms with Crippen molar-refractivity contribution in [2.75, 3.05) is 19.7 Å². The Balaban J connectivity index is 1.30. The van der Waals surface area contributed by atoms with Gasteiger partial charge in [-0.3, -0.25) is 4.79 Å². The average Bonchev–Trinajstić information content (AvgIpc) is 3.35. The Hall–Kier alpha value is -3.71. The van der Waals surface area contributed by atoms with E-state index in [1.54, 1.807) is 25.3 Å². The van der Waals surface area contributed by atoms with Crippen molar-refractivity contribution in [1.82, 2.24) is 20.0 Å². The van der Waals surface area contributed by atoms with Crippen molar-refractivity contribution in [2.24, 2.45) is 5.92 Å². The second kappa shape index (κ2) is 10.3. The molecular weight excluding hydrogens is 464 g/mol. The van der Waals surface area contributed by atoms with E-state index in [9.17, 15) is 4.79 Å². The second-order valence-electron chi connectivity index (χ2n) is 8.67. The second-order valence-corrected chi connectivity index (χ2v) is 9.10. The van der Waals surface area contributed by atoms with Gasteiger partial charge in [0.2, 0.25) is 5.88 Å². The van der Waals surface area contributed by atoms with Crippen LogP contribution in [0.3, 0.4) is 0 Å². The summed E-state index contributed by atoms with van der Waals surface area (Å²) in [6, 6.07) is 21.2. The maximum absolute atomic E-state index is 13.4. The third-order valence-electron chi connectivity index (χ3n) is 6.32. The third-order valence-corrected chi connectivity index (χ3v) is 6.55. The summed E-state index contributed by atoms with van der Waals surface area (Å²) in [5.74, 6) is 1.99. The molecule has 0 unspecified atom stereocenters.